The van der Waals surface area contributed by atoms with Crippen LogP contribution in [0.25, 0.3) is 11.0 Å². The van der Waals surface area contributed by atoms with E-state index in [0.717, 1.165) is 35.8 Å². The first-order valence-electron chi connectivity index (χ1n) is 9.20. The molecule has 0 bridgehead atoms. The Hall–Kier alpha value is -3.03. The predicted octanol–water partition coefficient (Wildman–Crippen LogP) is 2.81. The van der Waals surface area contributed by atoms with Crippen LogP contribution in [0.3, 0.4) is 0 Å². The van der Waals surface area contributed by atoms with Gasteiger partial charge in [-0.1, -0.05) is 0 Å². The first-order chi connectivity index (χ1) is 13.4. The summed E-state index contributed by atoms with van der Waals surface area (Å²) in [5.41, 5.74) is 2.73. The third-order valence-corrected chi connectivity index (χ3v) is 5.23. The molecule has 0 aliphatic carbocycles. The molecule has 6 nitrogen and oxygen atoms in total. The number of carbonyl (C=O) groups excluding carboxylic acids is 1. The lowest BCUT2D eigenvalue weighted by atomic mass is 10.1. The Bertz CT molecular complexity index is 1050. The topological polar surface area (TPSA) is 63.1 Å². The van der Waals surface area contributed by atoms with E-state index in [2.05, 4.69) is 15.4 Å². The number of nitrogens with one attached hydrogen (secondary N) is 1. The molecule has 1 saturated heterocycles. The molecule has 0 radical (unpaired) electrons. The van der Waals surface area contributed by atoms with Crippen LogP contribution >= 0.6 is 0 Å². The molecule has 1 aromatic carbocycles. The Morgan fingerprint density at radius 3 is 2.89 bits per heavy atom. The Kier molecular flexibility index (Phi) is 4.70. The van der Waals surface area contributed by atoms with Crippen molar-refractivity contribution in [2.75, 3.05) is 24.5 Å². The summed E-state index contributed by atoms with van der Waals surface area (Å²) in [7, 11) is 1.82. The van der Waals surface area contributed by atoms with E-state index in [1.807, 2.05) is 24.9 Å². The summed E-state index contributed by atoms with van der Waals surface area (Å²) in [5, 5.41) is 8.13. The van der Waals surface area contributed by atoms with Gasteiger partial charge in [0.25, 0.3) is 5.91 Å². The number of aromatic nitrogens is 3. The minimum Gasteiger partial charge on any atom is -0.371 e. The molecule has 1 fully saturated rings. The molecule has 1 aliphatic rings. The summed E-state index contributed by atoms with van der Waals surface area (Å²) >= 11 is 0. The number of aryl methyl sites for hydroxylation is 2. The molecule has 28 heavy (non-hydrogen) atoms. The normalized spacial score (nSPS) is 16.7. The van der Waals surface area contributed by atoms with Crippen LogP contribution in [0.5, 0.6) is 0 Å². The number of amides is 1. The highest BCUT2D eigenvalue weighted by molar-refractivity contribution is 5.97. The maximum absolute atomic E-state index is 13.4. The van der Waals surface area contributed by atoms with Gasteiger partial charge in [-0.05, 0) is 37.5 Å². The summed E-state index contributed by atoms with van der Waals surface area (Å²) in [4.78, 5) is 18.9. The van der Waals surface area contributed by atoms with Crippen LogP contribution in [0, 0.1) is 24.5 Å². The third-order valence-electron chi connectivity index (χ3n) is 5.23. The zero-order valence-corrected chi connectivity index (χ0v) is 15.7. The van der Waals surface area contributed by atoms with Gasteiger partial charge < -0.3 is 10.2 Å². The Morgan fingerprint density at radius 1 is 1.29 bits per heavy atom. The lowest BCUT2D eigenvalue weighted by Crippen LogP contribution is -2.31. The van der Waals surface area contributed by atoms with Gasteiger partial charge in [0.1, 0.15) is 0 Å². The lowest BCUT2D eigenvalue weighted by molar-refractivity contribution is 0.0948. The number of hydrogen-bond donors (Lipinski definition) is 1. The molecule has 1 N–H and O–H groups in total. The van der Waals surface area contributed by atoms with Crippen molar-refractivity contribution in [2.45, 2.75) is 13.3 Å². The van der Waals surface area contributed by atoms with E-state index in [0.29, 0.717) is 24.3 Å². The molecule has 1 aliphatic heterocycles. The Balaban J connectivity index is 1.37. The summed E-state index contributed by atoms with van der Waals surface area (Å²) in [6.07, 6.45) is 2.43. The van der Waals surface area contributed by atoms with Crippen molar-refractivity contribution in [3.8, 4) is 0 Å². The second-order valence-corrected chi connectivity index (χ2v) is 7.21. The lowest BCUT2D eigenvalue weighted by Gasteiger charge is -2.19. The maximum Gasteiger partial charge on any atom is 0.252 e. The molecule has 1 amide bonds. The van der Waals surface area contributed by atoms with E-state index in [-0.39, 0.29) is 11.8 Å². The Labute approximate surface area is 161 Å². The monoisotopic (exact) mass is 385 g/mol. The SMILES string of the molecule is Cc1nn(C)c2ncc(C(=O)NCC3CCN(c4ccc(F)c(F)c4)C3)cc12. The van der Waals surface area contributed by atoms with Gasteiger partial charge in [-0.15, -0.1) is 0 Å². The summed E-state index contributed by atoms with van der Waals surface area (Å²) in [6, 6.07) is 5.75. The van der Waals surface area contributed by atoms with Gasteiger partial charge in [-0.3, -0.25) is 9.48 Å². The van der Waals surface area contributed by atoms with Gasteiger partial charge in [-0.25, -0.2) is 13.8 Å². The van der Waals surface area contributed by atoms with Crippen molar-refractivity contribution in [1.29, 1.82) is 0 Å². The fourth-order valence-electron chi connectivity index (χ4n) is 3.69. The number of anilines is 1. The predicted molar refractivity (Wildman–Crippen MR) is 102 cm³/mol. The van der Waals surface area contributed by atoms with Crippen molar-refractivity contribution >= 4 is 22.6 Å². The highest BCUT2D eigenvalue weighted by Gasteiger charge is 2.24. The molecule has 1 atom stereocenters. The molecule has 8 heteroatoms. The van der Waals surface area contributed by atoms with Crippen LogP contribution in [0.15, 0.2) is 30.5 Å². The summed E-state index contributed by atoms with van der Waals surface area (Å²) < 4.78 is 28.2. The smallest absolute Gasteiger partial charge is 0.252 e. The maximum atomic E-state index is 13.4. The number of halogens is 2. The van der Waals surface area contributed by atoms with E-state index >= 15 is 0 Å². The minimum absolute atomic E-state index is 0.177. The average Bonchev–Trinajstić information content (AvgIpc) is 3.27. The zero-order valence-electron chi connectivity index (χ0n) is 15.7. The largest absolute Gasteiger partial charge is 0.371 e. The molecule has 2 aromatic heterocycles. The van der Waals surface area contributed by atoms with Crippen LogP contribution in [-0.2, 0) is 7.05 Å². The van der Waals surface area contributed by atoms with Crippen LogP contribution in [0.1, 0.15) is 22.5 Å². The highest BCUT2D eigenvalue weighted by atomic mass is 19.2. The van der Waals surface area contributed by atoms with Gasteiger partial charge in [0, 0.05) is 50.0 Å². The number of carbonyl (C=O) groups is 1. The molecule has 0 spiro atoms. The average molecular weight is 385 g/mol. The van der Waals surface area contributed by atoms with Gasteiger partial charge in [-0.2, -0.15) is 5.10 Å². The minimum atomic E-state index is -0.846. The molecular weight excluding hydrogens is 364 g/mol. The fourth-order valence-corrected chi connectivity index (χ4v) is 3.69. The standard InChI is InChI=1S/C20H21F2N5O/c1-12-16-7-14(10-23-19(16)26(2)25-12)20(28)24-9-13-5-6-27(11-13)15-3-4-17(21)18(22)8-15/h3-4,7-8,10,13H,5-6,9,11H2,1-2H3,(H,24,28). The number of nitrogens with zero attached hydrogens (tertiary/aromatic N) is 4. The summed E-state index contributed by atoms with van der Waals surface area (Å²) in [5.74, 6) is -1.62. The van der Waals surface area contributed by atoms with E-state index in [1.165, 1.54) is 6.07 Å². The molecule has 3 heterocycles. The van der Waals surface area contributed by atoms with Crippen molar-refractivity contribution in [3.05, 3.63) is 53.4 Å². The van der Waals surface area contributed by atoms with E-state index in [1.54, 1.807) is 16.9 Å². The molecule has 4 rings (SSSR count). The van der Waals surface area contributed by atoms with E-state index in [4.69, 9.17) is 0 Å². The molecule has 3 aromatic rings. The van der Waals surface area contributed by atoms with Crippen LogP contribution in [0.2, 0.25) is 0 Å². The Morgan fingerprint density at radius 2 is 2.11 bits per heavy atom. The number of fused-ring (bicyclic) bond motifs is 1. The number of pyridine rings is 1. The van der Waals surface area contributed by atoms with E-state index in [9.17, 15) is 13.6 Å². The van der Waals surface area contributed by atoms with Gasteiger partial charge in [0.2, 0.25) is 0 Å². The number of benzene rings is 1. The first kappa shape index (κ1) is 18.3. The number of rotatable bonds is 4. The van der Waals surface area contributed by atoms with Crippen molar-refractivity contribution < 1.29 is 13.6 Å². The van der Waals surface area contributed by atoms with Gasteiger partial charge in [0.15, 0.2) is 17.3 Å². The third kappa shape index (κ3) is 3.42. The molecule has 1 unspecified atom stereocenters. The van der Waals surface area contributed by atoms with Gasteiger partial charge >= 0.3 is 0 Å². The zero-order chi connectivity index (χ0) is 19.8. The second kappa shape index (κ2) is 7.18. The summed E-state index contributed by atoms with van der Waals surface area (Å²) in [6.45, 7) is 3.83. The quantitative estimate of drug-likeness (QED) is 0.750. The van der Waals surface area contributed by atoms with Crippen LogP contribution < -0.4 is 10.2 Å². The van der Waals surface area contributed by atoms with Crippen molar-refractivity contribution in [2.24, 2.45) is 13.0 Å². The first-order valence-corrected chi connectivity index (χ1v) is 9.20. The second-order valence-electron chi connectivity index (χ2n) is 7.21. The molecular formula is C20H21F2N5O. The van der Waals surface area contributed by atoms with Crippen LogP contribution in [-0.4, -0.2) is 40.3 Å². The van der Waals surface area contributed by atoms with Gasteiger partial charge in [0.05, 0.1) is 11.3 Å². The fraction of sp³-hybridized carbons (Fsp3) is 0.350. The highest BCUT2D eigenvalue weighted by Crippen LogP contribution is 2.25. The van der Waals surface area contributed by atoms with Crippen LogP contribution in [0.4, 0.5) is 14.5 Å². The van der Waals surface area contributed by atoms with Crippen molar-refractivity contribution in [3.63, 3.8) is 0 Å². The molecule has 146 valence electrons. The molecule has 0 saturated carbocycles. The van der Waals surface area contributed by atoms with Crippen molar-refractivity contribution in [1.82, 2.24) is 20.1 Å². The number of hydrogen-bond acceptors (Lipinski definition) is 4. The van der Waals surface area contributed by atoms with E-state index < -0.39 is 11.6 Å².